The first-order chi connectivity index (χ1) is 12.7. The maximum atomic E-state index is 12.6. The Morgan fingerprint density at radius 2 is 1.96 bits per heavy atom. The van der Waals surface area contributed by atoms with Gasteiger partial charge in [0.25, 0.3) is 0 Å². The smallest absolute Gasteiger partial charge is 0.149 e. The molecule has 0 saturated heterocycles. The van der Waals surface area contributed by atoms with E-state index in [1.807, 2.05) is 45.9 Å². The van der Waals surface area contributed by atoms with E-state index in [0.717, 1.165) is 36.2 Å². The summed E-state index contributed by atoms with van der Waals surface area (Å²) in [4.78, 5) is 8.75. The number of nitrogens with one attached hydrogen (secondary N) is 2. The fourth-order valence-corrected chi connectivity index (χ4v) is 3.51. The summed E-state index contributed by atoms with van der Waals surface area (Å²) in [6.07, 6.45) is 6.53. The Balaban J connectivity index is 2.18. The molecule has 0 aromatic carbocycles. The number of pyridine rings is 2. The van der Waals surface area contributed by atoms with Crippen LogP contribution in [0, 0.1) is 6.92 Å². The Labute approximate surface area is 170 Å². The van der Waals surface area contributed by atoms with E-state index in [-0.39, 0.29) is 10.8 Å². The first-order valence-electron chi connectivity index (χ1n) is 9.24. The molecule has 2 rings (SSSR count). The molecule has 2 aromatic heterocycles. The van der Waals surface area contributed by atoms with Crippen molar-refractivity contribution in [2.75, 3.05) is 5.32 Å². The summed E-state index contributed by atoms with van der Waals surface area (Å²) in [5.74, 6) is 0.581. The van der Waals surface area contributed by atoms with Crippen LogP contribution >= 0.6 is 11.6 Å². The predicted molar refractivity (Wildman–Crippen MR) is 115 cm³/mol. The summed E-state index contributed by atoms with van der Waals surface area (Å²) >= 11 is 5.30. The van der Waals surface area contributed by atoms with Gasteiger partial charge in [-0.15, -0.1) is 4.72 Å². The predicted octanol–water partition coefficient (Wildman–Crippen LogP) is 5.47. The van der Waals surface area contributed by atoms with Crippen molar-refractivity contribution in [1.82, 2.24) is 14.7 Å². The number of nitrogens with zero attached hydrogens (tertiary/aromatic N) is 2. The average Bonchev–Trinajstić information content (AvgIpc) is 2.61. The van der Waals surface area contributed by atoms with Crippen LogP contribution in [-0.4, -0.2) is 19.3 Å². The quantitative estimate of drug-likeness (QED) is 0.567. The number of anilines is 2. The van der Waals surface area contributed by atoms with Crippen LogP contribution in [-0.2, 0) is 11.4 Å². The molecule has 0 saturated carbocycles. The van der Waals surface area contributed by atoms with Gasteiger partial charge < -0.3 is 9.87 Å². The molecule has 0 bridgehead atoms. The monoisotopic (exact) mass is 408 g/mol. The molecular formula is C20H29ClN4OS. The van der Waals surface area contributed by atoms with Crippen molar-refractivity contribution in [1.29, 1.82) is 0 Å². The van der Waals surface area contributed by atoms with Crippen LogP contribution in [0.1, 0.15) is 64.3 Å². The van der Waals surface area contributed by atoms with Crippen LogP contribution < -0.4 is 10.0 Å². The molecule has 2 N–H and O–H groups in total. The normalized spacial score (nSPS) is 14.0. The highest BCUT2D eigenvalue weighted by Gasteiger charge is 2.30. The average molecular weight is 409 g/mol. The van der Waals surface area contributed by atoms with E-state index in [2.05, 4.69) is 26.9 Å². The number of rotatable bonds is 8. The van der Waals surface area contributed by atoms with Gasteiger partial charge >= 0.3 is 0 Å². The molecule has 0 unspecified atom stereocenters. The Morgan fingerprint density at radius 3 is 2.52 bits per heavy atom. The van der Waals surface area contributed by atoms with Gasteiger partial charge in [0.15, 0.2) is 0 Å². The maximum Gasteiger partial charge on any atom is 0.149 e. The molecule has 0 aliphatic rings. The van der Waals surface area contributed by atoms with Gasteiger partial charge in [-0.1, -0.05) is 31.4 Å². The summed E-state index contributed by atoms with van der Waals surface area (Å²) in [6, 6.07) is 5.71. The molecule has 5 nitrogen and oxygen atoms in total. The third-order valence-corrected chi connectivity index (χ3v) is 5.99. The van der Waals surface area contributed by atoms with Gasteiger partial charge in [-0.05, 0) is 57.9 Å². The molecule has 148 valence electrons. The number of hydrogen-bond acceptors (Lipinski definition) is 5. The lowest BCUT2D eigenvalue weighted by molar-refractivity contribution is 0.502. The molecular weight excluding hydrogens is 380 g/mol. The molecule has 2 aromatic rings. The summed E-state index contributed by atoms with van der Waals surface area (Å²) in [7, 11) is 0. The SMILES string of the molecule is CCCC[C@@H](N[S@+]([O-])C(C)(C)C)c1cnc(Nc2ccc(C)nc2)c(Cl)c1. The van der Waals surface area contributed by atoms with Crippen molar-refractivity contribution in [2.45, 2.75) is 64.7 Å². The second-order valence-electron chi connectivity index (χ2n) is 7.61. The van der Waals surface area contributed by atoms with E-state index in [1.165, 1.54) is 0 Å². The lowest BCUT2D eigenvalue weighted by Crippen LogP contribution is -2.41. The number of hydrogen-bond donors (Lipinski definition) is 2. The Bertz CT molecular complexity index is 734. The zero-order chi connectivity index (χ0) is 20.0. The van der Waals surface area contributed by atoms with E-state index in [4.69, 9.17) is 11.6 Å². The van der Waals surface area contributed by atoms with E-state index in [0.29, 0.717) is 10.8 Å². The van der Waals surface area contributed by atoms with Crippen molar-refractivity contribution >= 4 is 34.5 Å². The second-order valence-corrected chi connectivity index (χ2v) is 10.0. The molecule has 0 spiro atoms. The fraction of sp³-hybridized carbons (Fsp3) is 0.500. The lowest BCUT2D eigenvalue weighted by atomic mass is 10.0. The minimum atomic E-state index is -1.16. The zero-order valence-corrected chi connectivity index (χ0v) is 18.2. The standard InChI is InChI=1S/C20H29ClN4OS/c1-6-7-8-18(25-27(26)20(3,4)5)15-11-17(21)19(23-12-15)24-16-10-9-14(2)22-13-16/h9-13,18,25H,6-8H2,1-5H3,(H,23,24)/t18-,27-/m1/s1. The molecule has 0 fully saturated rings. The van der Waals surface area contributed by atoms with Gasteiger partial charge in [0.05, 0.1) is 22.9 Å². The summed E-state index contributed by atoms with van der Waals surface area (Å²) in [5, 5.41) is 3.71. The number of aryl methyl sites for hydroxylation is 1. The topological polar surface area (TPSA) is 72.9 Å². The van der Waals surface area contributed by atoms with Crippen molar-refractivity contribution in [3.8, 4) is 0 Å². The van der Waals surface area contributed by atoms with Crippen molar-refractivity contribution < 1.29 is 4.55 Å². The highest BCUT2D eigenvalue weighted by atomic mass is 35.5. The van der Waals surface area contributed by atoms with Gasteiger partial charge in [-0.3, -0.25) is 4.98 Å². The first-order valence-corrected chi connectivity index (χ1v) is 10.8. The van der Waals surface area contributed by atoms with Crippen LogP contribution in [0.2, 0.25) is 5.02 Å². The molecule has 0 radical (unpaired) electrons. The molecule has 27 heavy (non-hydrogen) atoms. The molecule has 0 aliphatic heterocycles. The molecule has 7 heteroatoms. The maximum absolute atomic E-state index is 12.6. The minimum Gasteiger partial charge on any atom is -0.598 e. The number of halogens is 1. The fourth-order valence-electron chi connectivity index (χ4n) is 2.42. The van der Waals surface area contributed by atoms with Gasteiger partial charge in [-0.2, -0.15) is 0 Å². The van der Waals surface area contributed by atoms with Crippen molar-refractivity contribution in [3.63, 3.8) is 0 Å². The van der Waals surface area contributed by atoms with Gasteiger partial charge in [0.2, 0.25) is 0 Å². The van der Waals surface area contributed by atoms with E-state index < -0.39 is 11.4 Å². The third-order valence-electron chi connectivity index (χ3n) is 4.09. The van der Waals surface area contributed by atoms with E-state index in [9.17, 15) is 4.55 Å². The highest BCUT2D eigenvalue weighted by molar-refractivity contribution is 7.90. The Morgan fingerprint density at radius 1 is 1.22 bits per heavy atom. The largest absolute Gasteiger partial charge is 0.598 e. The second kappa shape index (κ2) is 9.73. The molecule has 2 atom stereocenters. The Kier molecular flexibility index (Phi) is 7.91. The summed E-state index contributed by atoms with van der Waals surface area (Å²) in [5.41, 5.74) is 2.72. The van der Waals surface area contributed by atoms with Gasteiger partial charge in [-0.25, -0.2) is 4.98 Å². The molecule has 2 heterocycles. The highest BCUT2D eigenvalue weighted by Crippen LogP contribution is 2.29. The molecule has 0 amide bonds. The van der Waals surface area contributed by atoms with Crippen molar-refractivity contribution in [2.24, 2.45) is 0 Å². The molecule has 0 aliphatic carbocycles. The van der Waals surface area contributed by atoms with Gasteiger partial charge in [0, 0.05) is 23.3 Å². The minimum absolute atomic E-state index is 0.0508. The Hall–Kier alpha value is -1.34. The summed E-state index contributed by atoms with van der Waals surface area (Å²) in [6.45, 7) is 9.96. The van der Waals surface area contributed by atoms with Gasteiger partial charge in [0.1, 0.15) is 10.6 Å². The third kappa shape index (κ3) is 6.64. The number of unbranched alkanes of at least 4 members (excludes halogenated alkanes) is 1. The van der Waals surface area contributed by atoms with Crippen LogP contribution in [0.25, 0.3) is 0 Å². The van der Waals surface area contributed by atoms with Crippen LogP contribution in [0.4, 0.5) is 11.5 Å². The lowest BCUT2D eigenvalue weighted by Gasteiger charge is -2.28. The van der Waals surface area contributed by atoms with Crippen LogP contribution in [0.5, 0.6) is 0 Å². The van der Waals surface area contributed by atoms with Crippen LogP contribution in [0.3, 0.4) is 0 Å². The zero-order valence-electron chi connectivity index (χ0n) is 16.7. The van der Waals surface area contributed by atoms with E-state index >= 15 is 0 Å². The summed E-state index contributed by atoms with van der Waals surface area (Å²) < 4.78 is 15.5. The van der Waals surface area contributed by atoms with Crippen molar-refractivity contribution in [3.05, 3.63) is 46.9 Å². The van der Waals surface area contributed by atoms with E-state index in [1.54, 1.807) is 12.4 Å². The van der Waals surface area contributed by atoms with Crippen LogP contribution in [0.15, 0.2) is 30.6 Å². The number of aromatic nitrogens is 2. The first kappa shape index (κ1) is 22.0.